The second-order valence-electron chi connectivity index (χ2n) is 2.90. The molecular weight excluding hydrogens is 170 g/mol. The molecule has 13 heavy (non-hydrogen) atoms. The molecule has 0 spiro atoms. The number of aliphatic carboxylic acids is 1. The van der Waals surface area contributed by atoms with Gasteiger partial charge in [-0.2, -0.15) is 0 Å². The van der Waals surface area contributed by atoms with Crippen molar-refractivity contribution in [2.45, 2.75) is 12.8 Å². The Balaban J connectivity index is 2.52. The molecule has 1 atom stereocenters. The molecule has 0 saturated carbocycles. The van der Waals surface area contributed by atoms with Crippen molar-refractivity contribution in [2.24, 2.45) is 11.7 Å². The highest BCUT2D eigenvalue weighted by Gasteiger charge is 2.17. The van der Waals surface area contributed by atoms with Gasteiger partial charge in [0.2, 0.25) is 0 Å². The van der Waals surface area contributed by atoms with E-state index in [1.165, 1.54) is 6.26 Å². The van der Waals surface area contributed by atoms with Gasteiger partial charge in [0.25, 0.3) is 0 Å². The first-order valence-corrected chi connectivity index (χ1v) is 4.19. The summed E-state index contributed by atoms with van der Waals surface area (Å²) in [6.07, 6.45) is 2.44. The van der Waals surface area contributed by atoms with Crippen LogP contribution >= 0.6 is 0 Å². The third-order valence-corrected chi connectivity index (χ3v) is 1.89. The quantitative estimate of drug-likeness (QED) is 0.710. The molecule has 0 aliphatic rings. The van der Waals surface area contributed by atoms with Crippen molar-refractivity contribution in [3.63, 3.8) is 0 Å². The zero-order valence-corrected chi connectivity index (χ0v) is 7.27. The molecule has 72 valence electrons. The molecular formula is C9H13NO3. The Bertz CT molecular complexity index is 256. The third-order valence-electron chi connectivity index (χ3n) is 1.89. The van der Waals surface area contributed by atoms with E-state index in [-0.39, 0.29) is 0 Å². The second-order valence-corrected chi connectivity index (χ2v) is 2.90. The topological polar surface area (TPSA) is 76.5 Å². The van der Waals surface area contributed by atoms with Crippen LogP contribution in [0.25, 0.3) is 0 Å². The summed E-state index contributed by atoms with van der Waals surface area (Å²) in [4.78, 5) is 10.7. The van der Waals surface area contributed by atoms with Gasteiger partial charge >= 0.3 is 5.97 Å². The molecule has 0 fully saturated rings. The van der Waals surface area contributed by atoms with Gasteiger partial charge in [-0.3, -0.25) is 4.79 Å². The van der Waals surface area contributed by atoms with Gasteiger partial charge in [0.05, 0.1) is 12.2 Å². The number of carboxylic acids is 1. The minimum Gasteiger partial charge on any atom is -0.481 e. The lowest BCUT2D eigenvalue weighted by Gasteiger charge is -2.08. The van der Waals surface area contributed by atoms with Gasteiger partial charge in [0.1, 0.15) is 5.76 Å². The summed E-state index contributed by atoms with van der Waals surface area (Å²) >= 11 is 0. The average Bonchev–Trinajstić information content (AvgIpc) is 2.56. The van der Waals surface area contributed by atoms with Crippen LogP contribution in [0.2, 0.25) is 0 Å². The van der Waals surface area contributed by atoms with E-state index in [0.717, 1.165) is 0 Å². The van der Waals surface area contributed by atoms with E-state index in [1.807, 2.05) is 0 Å². The van der Waals surface area contributed by atoms with Crippen molar-refractivity contribution in [3.8, 4) is 0 Å². The molecule has 1 rings (SSSR count). The maximum Gasteiger partial charge on any atom is 0.306 e. The molecule has 0 radical (unpaired) electrons. The van der Waals surface area contributed by atoms with Crippen molar-refractivity contribution in [1.82, 2.24) is 0 Å². The SMILES string of the molecule is NCCC(Cc1ccco1)C(=O)O. The number of nitrogens with two attached hydrogens (primary N) is 1. The van der Waals surface area contributed by atoms with Gasteiger partial charge in [-0.05, 0) is 25.1 Å². The zero-order chi connectivity index (χ0) is 9.68. The molecule has 0 aromatic carbocycles. The summed E-state index contributed by atoms with van der Waals surface area (Å²) in [5.41, 5.74) is 5.30. The third kappa shape index (κ3) is 2.91. The van der Waals surface area contributed by atoms with Gasteiger partial charge in [0, 0.05) is 6.42 Å². The first kappa shape index (κ1) is 9.80. The van der Waals surface area contributed by atoms with E-state index < -0.39 is 11.9 Å². The van der Waals surface area contributed by atoms with Crippen LogP contribution in [0.1, 0.15) is 12.2 Å². The standard InChI is InChI=1S/C9H13NO3/c10-4-3-7(9(11)12)6-8-2-1-5-13-8/h1-2,5,7H,3-4,6,10H2,(H,11,12). The Morgan fingerprint density at radius 1 is 1.69 bits per heavy atom. The summed E-state index contributed by atoms with van der Waals surface area (Å²) in [5, 5.41) is 8.81. The molecule has 0 aliphatic carbocycles. The highest BCUT2D eigenvalue weighted by Crippen LogP contribution is 2.12. The van der Waals surface area contributed by atoms with E-state index >= 15 is 0 Å². The van der Waals surface area contributed by atoms with Gasteiger partial charge < -0.3 is 15.3 Å². The Hall–Kier alpha value is -1.29. The number of furan rings is 1. The lowest BCUT2D eigenvalue weighted by Crippen LogP contribution is -2.19. The van der Waals surface area contributed by atoms with Gasteiger partial charge in [-0.25, -0.2) is 0 Å². The average molecular weight is 183 g/mol. The van der Waals surface area contributed by atoms with E-state index in [9.17, 15) is 4.79 Å². The van der Waals surface area contributed by atoms with Crippen molar-refractivity contribution < 1.29 is 14.3 Å². The minimum atomic E-state index is -0.818. The zero-order valence-electron chi connectivity index (χ0n) is 7.27. The normalized spacial score (nSPS) is 12.7. The summed E-state index contributed by atoms with van der Waals surface area (Å²) in [6.45, 7) is 0.387. The smallest absolute Gasteiger partial charge is 0.306 e. The van der Waals surface area contributed by atoms with Gasteiger partial charge in [-0.1, -0.05) is 0 Å². The fourth-order valence-corrected chi connectivity index (χ4v) is 1.19. The first-order chi connectivity index (χ1) is 6.24. The van der Waals surface area contributed by atoms with Crippen LogP contribution in [0.4, 0.5) is 0 Å². The Morgan fingerprint density at radius 2 is 2.46 bits per heavy atom. The number of hydrogen-bond acceptors (Lipinski definition) is 3. The predicted octanol–water partition coefficient (Wildman–Crippen LogP) is 0.872. The number of rotatable bonds is 5. The molecule has 0 aliphatic heterocycles. The molecule has 3 N–H and O–H groups in total. The predicted molar refractivity (Wildman–Crippen MR) is 47.2 cm³/mol. The second kappa shape index (κ2) is 4.67. The number of carbonyl (C=O) groups is 1. The molecule has 1 heterocycles. The highest BCUT2D eigenvalue weighted by molar-refractivity contribution is 5.70. The van der Waals surface area contributed by atoms with E-state index in [4.69, 9.17) is 15.3 Å². The Labute approximate surface area is 76.3 Å². The van der Waals surface area contributed by atoms with Gasteiger partial charge in [-0.15, -0.1) is 0 Å². The molecule has 0 amide bonds. The Morgan fingerprint density at radius 3 is 2.92 bits per heavy atom. The lowest BCUT2D eigenvalue weighted by molar-refractivity contribution is -0.142. The van der Waals surface area contributed by atoms with Crippen molar-refractivity contribution >= 4 is 5.97 Å². The van der Waals surface area contributed by atoms with Crippen LogP contribution in [-0.2, 0) is 11.2 Å². The minimum absolute atomic E-state index is 0.387. The van der Waals surface area contributed by atoms with Crippen LogP contribution in [-0.4, -0.2) is 17.6 Å². The fourth-order valence-electron chi connectivity index (χ4n) is 1.19. The molecule has 0 saturated heterocycles. The Kier molecular flexibility index (Phi) is 3.52. The van der Waals surface area contributed by atoms with Crippen LogP contribution < -0.4 is 5.73 Å². The number of carboxylic acid groups (broad SMARTS) is 1. The lowest BCUT2D eigenvalue weighted by atomic mass is 10.0. The maximum absolute atomic E-state index is 10.7. The summed E-state index contributed by atoms with van der Waals surface area (Å²) < 4.78 is 5.06. The summed E-state index contributed by atoms with van der Waals surface area (Å²) in [7, 11) is 0. The van der Waals surface area contributed by atoms with Gasteiger partial charge in [0.15, 0.2) is 0 Å². The molecule has 0 bridgehead atoms. The van der Waals surface area contributed by atoms with E-state index in [1.54, 1.807) is 12.1 Å². The van der Waals surface area contributed by atoms with Crippen molar-refractivity contribution in [2.75, 3.05) is 6.54 Å². The molecule has 4 heteroatoms. The van der Waals surface area contributed by atoms with Crippen molar-refractivity contribution in [3.05, 3.63) is 24.2 Å². The molecule has 1 aromatic heterocycles. The maximum atomic E-state index is 10.7. The van der Waals surface area contributed by atoms with Crippen LogP contribution in [0.5, 0.6) is 0 Å². The number of hydrogen-bond donors (Lipinski definition) is 2. The fraction of sp³-hybridized carbons (Fsp3) is 0.444. The van der Waals surface area contributed by atoms with E-state index in [0.29, 0.717) is 25.1 Å². The van der Waals surface area contributed by atoms with Crippen LogP contribution in [0, 0.1) is 5.92 Å². The van der Waals surface area contributed by atoms with Crippen LogP contribution in [0.3, 0.4) is 0 Å². The monoisotopic (exact) mass is 183 g/mol. The first-order valence-electron chi connectivity index (χ1n) is 4.19. The summed E-state index contributed by atoms with van der Waals surface area (Å²) in [5.74, 6) is -0.557. The van der Waals surface area contributed by atoms with Crippen molar-refractivity contribution in [1.29, 1.82) is 0 Å². The largest absolute Gasteiger partial charge is 0.481 e. The van der Waals surface area contributed by atoms with Crippen LogP contribution in [0.15, 0.2) is 22.8 Å². The van der Waals surface area contributed by atoms with E-state index in [2.05, 4.69) is 0 Å². The highest BCUT2D eigenvalue weighted by atomic mass is 16.4. The molecule has 1 unspecified atom stereocenters. The molecule has 1 aromatic rings. The molecule has 4 nitrogen and oxygen atoms in total. The summed E-state index contributed by atoms with van der Waals surface area (Å²) in [6, 6.07) is 3.52.